The molecule has 1 fully saturated rings. The van der Waals surface area contributed by atoms with E-state index < -0.39 is 10.0 Å². The predicted molar refractivity (Wildman–Crippen MR) is 76.6 cm³/mol. The molecule has 1 saturated heterocycles. The Labute approximate surface area is 118 Å². The lowest BCUT2D eigenvalue weighted by atomic mass is 10.2. The van der Waals surface area contributed by atoms with Gasteiger partial charge in [0, 0.05) is 18.8 Å². The van der Waals surface area contributed by atoms with E-state index in [0.717, 1.165) is 17.9 Å². The van der Waals surface area contributed by atoms with Gasteiger partial charge in [-0.25, -0.2) is 8.42 Å². The molecule has 1 atom stereocenters. The molecule has 102 valence electrons. The van der Waals surface area contributed by atoms with Crippen molar-refractivity contribution in [3.05, 3.63) is 29.3 Å². The normalized spacial score (nSPS) is 19.6. The first-order valence-electron chi connectivity index (χ1n) is 6.03. The Morgan fingerprint density at radius 2 is 2.21 bits per heavy atom. The van der Waals surface area contributed by atoms with Gasteiger partial charge in [0.2, 0.25) is 10.0 Å². The van der Waals surface area contributed by atoms with Crippen LogP contribution in [0.3, 0.4) is 0 Å². The smallest absolute Gasteiger partial charge is 0.207 e. The lowest BCUT2D eigenvalue weighted by Gasteiger charge is -2.24. The van der Waals surface area contributed by atoms with Gasteiger partial charge in [-0.15, -0.1) is 0 Å². The van der Waals surface area contributed by atoms with Crippen LogP contribution >= 0.6 is 11.8 Å². The Morgan fingerprint density at radius 3 is 2.74 bits per heavy atom. The van der Waals surface area contributed by atoms with Crippen LogP contribution in [0.2, 0.25) is 0 Å². The summed E-state index contributed by atoms with van der Waals surface area (Å²) in [6.07, 6.45) is 0.899. The van der Waals surface area contributed by atoms with Crippen LogP contribution in [-0.4, -0.2) is 37.3 Å². The fraction of sp³-hybridized carbons (Fsp3) is 0.462. The summed E-state index contributed by atoms with van der Waals surface area (Å²) in [5.74, 6) is 1.86. The summed E-state index contributed by atoms with van der Waals surface area (Å²) in [6, 6.07) is 6.79. The largest absolute Gasteiger partial charge is 0.243 e. The molecule has 0 radical (unpaired) electrons. The highest BCUT2D eigenvalue weighted by Gasteiger charge is 2.31. The number of benzene rings is 1. The van der Waals surface area contributed by atoms with Gasteiger partial charge in [-0.1, -0.05) is 0 Å². The van der Waals surface area contributed by atoms with Crippen molar-refractivity contribution in [1.29, 1.82) is 5.26 Å². The van der Waals surface area contributed by atoms with Crippen molar-refractivity contribution in [3.63, 3.8) is 0 Å². The van der Waals surface area contributed by atoms with Gasteiger partial charge in [0.1, 0.15) is 0 Å². The third-order valence-corrected chi connectivity index (χ3v) is 6.60. The summed E-state index contributed by atoms with van der Waals surface area (Å²) in [5.41, 5.74) is 1.10. The summed E-state index contributed by atoms with van der Waals surface area (Å²) < 4.78 is 26.6. The fourth-order valence-corrected chi connectivity index (χ4v) is 5.12. The molecule has 19 heavy (non-hydrogen) atoms. The molecule has 0 aromatic heterocycles. The third kappa shape index (κ3) is 2.78. The highest BCUT2D eigenvalue weighted by atomic mass is 32.2. The Hall–Kier alpha value is -1.03. The number of sulfonamides is 1. The third-order valence-electron chi connectivity index (χ3n) is 3.38. The number of aryl methyl sites for hydroxylation is 1. The Bertz CT molecular complexity index is 614. The molecular formula is C13H16N2O2S2. The minimum Gasteiger partial charge on any atom is -0.207 e. The van der Waals surface area contributed by atoms with E-state index in [1.807, 2.05) is 6.07 Å². The van der Waals surface area contributed by atoms with Crippen molar-refractivity contribution in [1.82, 2.24) is 4.31 Å². The van der Waals surface area contributed by atoms with Crippen molar-refractivity contribution in [2.24, 2.45) is 0 Å². The van der Waals surface area contributed by atoms with Crippen molar-refractivity contribution in [2.45, 2.75) is 24.3 Å². The molecule has 1 aliphatic rings. The van der Waals surface area contributed by atoms with Crippen LogP contribution in [-0.2, 0) is 10.0 Å². The van der Waals surface area contributed by atoms with Gasteiger partial charge in [-0.2, -0.15) is 21.3 Å². The molecule has 1 aliphatic heterocycles. The maximum absolute atomic E-state index is 12.6. The Kier molecular flexibility index (Phi) is 4.19. The first-order valence-corrected chi connectivity index (χ1v) is 8.63. The molecule has 0 spiro atoms. The monoisotopic (exact) mass is 296 g/mol. The fourth-order valence-electron chi connectivity index (χ4n) is 2.17. The average molecular weight is 296 g/mol. The van der Waals surface area contributed by atoms with Crippen molar-refractivity contribution >= 4 is 21.8 Å². The zero-order valence-electron chi connectivity index (χ0n) is 11.0. The summed E-state index contributed by atoms with van der Waals surface area (Å²) >= 11 is 1.78. The highest BCUT2D eigenvalue weighted by molar-refractivity contribution is 7.99. The molecule has 4 nitrogen and oxygen atoms in total. The summed E-state index contributed by atoms with van der Waals surface area (Å²) in [6.45, 7) is 1.73. The van der Waals surface area contributed by atoms with Crippen molar-refractivity contribution in [3.8, 4) is 6.07 Å². The van der Waals surface area contributed by atoms with Crippen LogP contribution in [0.15, 0.2) is 23.1 Å². The number of hydrogen-bond acceptors (Lipinski definition) is 4. The van der Waals surface area contributed by atoms with Crippen molar-refractivity contribution in [2.75, 3.05) is 18.6 Å². The quantitative estimate of drug-likeness (QED) is 0.856. The minimum atomic E-state index is -3.47. The second-order valence-electron chi connectivity index (χ2n) is 4.63. The summed E-state index contributed by atoms with van der Waals surface area (Å²) in [4.78, 5) is 0.297. The standard InChI is InChI=1S/C13H16N2O2S2/c1-10-7-11(8-14)3-4-13(10)19(16,17)15(2)12-5-6-18-9-12/h3-4,7,12H,5-6,9H2,1-2H3. The van der Waals surface area contributed by atoms with Gasteiger partial charge in [0.15, 0.2) is 0 Å². The van der Waals surface area contributed by atoms with Crippen LogP contribution < -0.4 is 0 Å². The van der Waals surface area contributed by atoms with Gasteiger partial charge in [-0.05, 0) is 42.9 Å². The van der Waals surface area contributed by atoms with E-state index in [2.05, 4.69) is 0 Å². The molecule has 0 aliphatic carbocycles. The molecule has 1 aromatic rings. The SMILES string of the molecule is Cc1cc(C#N)ccc1S(=O)(=O)N(C)C1CCSC1. The molecule has 2 rings (SSSR count). The van der Waals surface area contributed by atoms with Crippen LogP contribution in [0.25, 0.3) is 0 Å². The Morgan fingerprint density at radius 1 is 1.47 bits per heavy atom. The zero-order valence-corrected chi connectivity index (χ0v) is 12.6. The zero-order chi connectivity index (χ0) is 14.0. The van der Waals surface area contributed by atoms with Gasteiger partial charge in [-0.3, -0.25) is 0 Å². The van der Waals surface area contributed by atoms with Gasteiger partial charge in [0.05, 0.1) is 16.5 Å². The summed E-state index contributed by atoms with van der Waals surface area (Å²) in [5, 5.41) is 8.82. The predicted octanol–water partition coefficient (Wildman–Crippen LogP) is 1.99. The van der Waals surface area contributed by atoms with Gasteiger partial charge in [0.25, 0.3) is 0 Å². The van der Waals surface area contributed by atoms with E-state index >= 15 is 0 Å². The van der Waals surface area contributed by atoms with Crippen molar-refractivity contribution < 1.29 is 8.42 Å². The highest BCUT2D eigenvalue weighted by Crippen LogP contribution is 2.27. The second kappa shape index (κ2) is 5.53. The first kappa shape index (κ1) is 14.4. The molecule has 1 heterocycles. The average Bonchev–Trinajstić information content (AvgIpc) is 2.90. The van der Waals surface area contributed by atoms with E-state index in [4.69, 9.17) is 5.26 Å². The van der Waals surface area contributed by atoms with E-state index in [1.54, 1.807) is 37.9 Å². The van der Waals surface area contributed by atoms with Crippen LogP contribution in [0.1, 0.15) is 17.5 Å². The summed E-state index contributed by atoms with van der Waals surface area (Å²) in [7, 11) is -1.83. The number of thioether (sulfide) groups is 1. The van der Waals surface area contributed by atoms with Crippen LogP contribution in [0, 0.1) is 18.3 Å². The van der Waals surface area contributed by atoms with E-state index in [-0.39, 0.29) is 6.04 Å². The number of hydrogen-bond donors (Lipinski definition) is 0. The number of nitriles is 1. The van der Waals surface area contributed by atoms with E-state index in [9.17, 15) is 8.42 Å². The van der Waals surface area contributed by atoms with Crippen LogP contribution in [0.4, 0.5) is 0 Å². The van der Waals surface area contributed by atoms with Crippen LogP contribution in [0.5, 0.6) is 0 Å². The second-order valence-corrected chi connectivity index (χ2v) is 7.75. The van der Waals surface area contributed by atoms with E-state index in [0.29, 0.717) is 16.0 Å². The molecule has 0 N–H and O–H groups in total. The molecule has 0 amide bonds. The minimum absolute atomic E-state index is 0.0741. The maximum Gasteiger partial charge on any atom is 0.243 e. The molecule has 0 bridgehead atoms. The maximum atomic E-state index is 12.6. The first-order chi connectivity index (χ1) is 8.96. The van der Waals surface area contributed by atoms with Gasteiger partial charge < -0.3 is 0 Å². The van der Waals surface area contributed by atoms with E-state index in [1.165, 1.54) is 10.4 Å². The molecule has 6 heteroatoms. The Balaban J connectivity index is 2.36. The molecular weight excluding hydrogens is 280 g/mol. The lowest BCUT2D eigenvalue weighted by molar-refractivity contribution is 0.394. The number of nitrogens with zero attached hydrogens (tertiary/aromatic N) is 2. The molecule has 1 aromatic carbocycles. The van der Waals surface area contributed by atoms with Gasteiger partial charge >= 0.3 is 0 Å². The number of rotatable bonds is 3. The molecule has 0 saturated carbocycles. The molecule has 1 unspecified atom stereocenters. The topological polar surface area (TPSA) is 61.2 Å². The lowest BCUT2D eigenvalue weighted by Crippen LogP contribution is -2.37.